The second kappa shape index (κ2) is 9.41. The molecule has 0 radical (unpaired) electrons. The van der Waals surface area contributed by atoms with Crippen LogP contribution >= 0.6 is 0 Å². The van der Waals surface area contributed by atoms with Gasteiger partial charge in [-0.2, -0.15) is 17.6 Å². The molecule has 178 valence electrons. The van der Waals surface area contributed by atoms with E-state index >= 15 is 17.6 Å². The van der Waals surface area contributed by atoms with Gasteiger partial charge in [0.1, 0.15) is 5.75 Å². The summed E-state index contributed by atoms with van der Waals surface area (Å²) in [5.74, 6) is -14.5. The lowest BCUT2D eigenvalue weighted by Crippen LogP contribution is -2.35. The van der Waals surface area contributed by atoms with Gasteiger partial charge in [0, 0.05) is 17.0 Å². The smallest absolute Gasteiger partial charge is 0.340 e. The van der Waals surface area contributed by atoms with Crippen LogP contribution in [0.3, 0.4) is 0 Å². The summed E-state index contributed by atoms with van der Waals surface area (Å²) in [6.45, 7) is 4.64. The first kappa shape index (κ1) is 24.5. The predicted octanol–water partition coefficient (Wildman–Crippen LogP) is 5.16. The molecule has 5 nitrogen and oxygen atoms in total. The first-order valence-electron chi connectivity index (χ1n) is 10.6. The van der Waals surface area contributed by atoms with Gasteiger partial charge in [0.05, 0.1) is 19.8 Å². The molecule has 0 aromatic heterocycles. The van der Waals surface area contributed by atoms with E-state index in [0.717, 1.165) is 18.2 Å². The lowest BCUT2D eigenvalue weighted by molar-refractivity contribution is -0.223. The predicted molar refractivity (Wildman–Crippen MR) is 110 cm³/mol. The molecule has 0 spiro atoms. The molecule has 0 saturated carbocycles. The van der Waals surface area contributed by atoms with E-state index in [0.29, 0.717) is 0 Å². The molecule has 9 heteroatoms. The molecule has 0 fully saturated rings. The van der Waals surface area contributed by atoms with E-state index in [1.165, 1.54) is 38.1 Å². The normalized spacial score (nSPS) is 18.0. The van der Waals surface area contributed by atoms with Gasteiger partial charge in [-0.3, -0.25) is 9.59 Å². The van der Waals surface area contributed by atoms with E-state index in [-0.39, 0.29) is 36.7 Å². The molecule has 0 saturated heterocycles. The van der Waals surface area contributed by atoms with Crippen molar-refractivity contribution in [3.8, 4) is 5.75 Å². The fourth-order valence-electron chi connectivity index (χ4n) is 4.09. The first-order chi connectivity index (χ1) is 15.6. The van der Waals surface area contributed by atoms with Crippen molar-refractivity contribution in [2.45, 2.75) is 38.5 Å². The molecule has 0 amide bonds. The van der Waals surface area contributed by atoms with E-state index in [9.17, 15) is 9.59 Å². The zero-order valence-corrected chi connectivity index (χ0v) is 18.4. The van der Waals surface area contributed by atoms with Gasteiger partial charge >= 0.3 is 23.8 Å². The van der Waals surface area contributed by atoms with Crippen molar-refractivity contribution in [2.24, 2.45) is 5.92 Å². The molecular formula is C24H24F4O5. The number of hydrogen-bond donors (Lipinski definition) is 0. The third kappa shape index (κ3) is 4.16. The second-order valence-electron chi connectivity index (χ2n) is 7.38. The molecule has 1 unspecified atom stereocenters. The third-order valence-electron chi connectivity index (χ3n) is 5.45. The lowest BCUT2D eigenvalue weighted by atomic mass is 9.78. The van der Waals surface area contributed by atoms with Crippen LogP contribution < -0.4 is 4.74 Å². The van der Waals surface area contributed by atoms with Crippen molar-refractivity contribution in [1.82, 2.24) is 0 Å². The van der Waals surface area contributed by atoms with Gasteiger partial charge in [0.15, 0.2) is 5.92 Å². The van der Waals surface area contributed by atoms with Gasteiger partial charge in [0.25, 0.3) is 0 Å². The zero-order chi connectivity index (χ0) is 24.4. The van der Waals surface area contributed by atoms with Crippen molar-refractivity contribution in [2.75, 3.05) is 19.8 Å². The van der Waals surface area contributed by atoms with Crippen LogP contribution in [0.15, 0.2) is 42.5 Å². The van der Waals surface area contributed by atoms with Crippen LogP contribution in [0.4, 0.5) is 17.6 Å². The molecule has 1 atom stereocenters. The third-order valence-corrected chi connectivity index (χ3v) is 5.45. The Hall–Kier alpha value is -3.10. The molecule has 2 aromatic rings. The Balaban J connectivity index is 2.41. The highest BCUT2D eigenvalue weighted by Gasteiger charge is 2.63. The molecule has 1 aliphatic carbocycles. The number of ether oxygens (including phenoxy) is 3. The summed E-state index contributed by atoms with van der Waals surface area (Å²) in [6, 6.07) is 7.83. The summed E-state index contributed by atoms with van der Waals surface area (Å²) in [7, 11) is 0. The largest absolute Gasteiger partial charge is 0.494 e. The molecule has 33 heavy (non-hydrogen) atoms. The standard InChI is InChI=1S/C24H24F4O5/c1-4-31-14-11-12-18-16(13-14)19(20(21(29)32-5-2)22(30)33-6-3)15-9-7-8-10-17(15)23(25,26)24(18,27)28/h7-13,19-20H,4-6H2,1-3H3. The van der Waals surface area contributed by atoms with Crippen molar-refractivity contribution >= 4 is 11.9 Å². The number of esters is 2. The zero-order valence-electron chi connectivity index (χ0n) is 18.4. The minimum absolute atomic E-state index is 0.110. The molecule has 3 rings (SSSR count). The Morgan fingerprint density at radius 1 is 0.818 bits per heavy atom. The Kier molecular flexibility index (Phi) is 7.00. The Labute approximate surface area is 188 Å². The Morgan fingerprint density at radius 3 is 1.91 bits per heavy atom. The van der Waals surface area contributed by atoms with Gasteiger partial charge in [-0.05, 0) is 50.1 Å². The fraction of sp³-hybridized carbons (Fsp3) is 0.417. The minimum atomic E-state index is -4.63. The maximum Gasteiger partial charge on any atom is 0.340 e. The minimum Gasteiger partial charge on any atom is -0.494 e. The summed E-state index contributed by atoms with van der Waals surface area (Å²) in [5.41, 5.74) is -2.61. The van der Waals surface area contributed by atoms with E-state index < -0.39 is 46.7 Å². The van der Waals surface area contributed by atoms with Crippen LogP contribution in [-0.2, 0) is 30.9 Å². The van der Waals surface area contributed by atoms with Crippen LogP contribution in [0.25, 0.3) is 0 Å². The van der Waals surface area contributed by atoms with E-state index in [2.05, 4.69) is 0 Å². The highest BCUT2D eigenvalue weighted by molar-refractivity contribution is 5.97. The van der Waals surface area contributed by atoms with Crippen molar-refractivity contribution in [3.05, 3.63) is 64.7 Å². The van der Waals surface area contributed by atoms with E-state index in [4.69, 9.17) is 14.2 Å². The molecular weight excluding hydrogens is 444 g/mol. The topological polar surface area (TPSA) is 61.8 Å². The summed E-state index contributed by atoms with van der Waals surface area (Å²) >= 11 is 0. The average molecular weight is 468 g/mol. The van der Waals surface area contributed by atoms with Crippen molar-refractivity contribution in [1.29, 1.82) is 0 Å². The van der Waals surface area contributed by atoms with Gasteiger partial charge in [-0.15, -0.1) is 0 Å². The highest BCUT2D eigenvalue weighted by atomic mass is 19.3. The number of halogens is 4. The molecule has 0 N–H and O–H groups in total. The quantitative estimate of drug-likeness (QED) is 0.319. The van der Waals surface area contributed by atoms with Crippen LogP contribution in [-0.4, -0.2) is 31.8 Å². The number of benzene rings is 2. The Morgan fingerprint density at radius 2 is 1.36 bits per heavy atom. The van der Waals surface area contributed by atoms with Crippen LogP contribution in [0.2, 0.25) is 0 Å². The van der Waals surface area contributed by atoms with Crippen LogP contribution in [0.1, 0.15) is 48.9 Å². The van der Waals surface area contributed by atoms with Crippen LogP contribution in [0.5, 0.6) is 5.75 Å². The maximum absolute atomic E-state index is 15.3. The van der Waals surface area contributed by atoms with Crippen LogP contribution in [0, 0.1) is 5.92 Å². The molecule has 1 aliphatic rings. The number of fused-ring (bicyclic) bond motifs is 2. The highest BCUT2D eigenvalue weighted by Crippen LogP contribution is 2.57. The van der Waals surface area contributed by atoms with E-state index in [1.807, 2.05) is 0 Å². The van der Waals surface area contributed by atoms with Crippen molar-refractivity contribution < 1.29 is 41.4 Å². The maximum atomic E-state index is 15.3. The SMILES string of the molecule is CCOC(=O)C(C(=O)OCC)C1c2ccccc2C(F)(F)C(F)(F)c2ccc(OCC)cc21. The first-order valence-corrected chi connectivity index (χ1v) is 10.6. The number of carbonyl (C=O) groups excluding carboxylic acids is 2. The number of rotatable bonds is 7. The monoisotopic (exact) mass is 468 g/mol. The fourth-order valence-corrected chi connectivity index (χ4v) is 4.09. The summed E-state index contributed by atoms with van der Waals surface area (Å²) in [4.78, 5) is 25.8. The van der Waals surface area contributed by atoms with Gasteiger partial charge in [-0.1, -0.05) is 24.3 Å². The Bertz CT molecular complexity index is 1020. The average Bonchev–Trinajstić information content (AvgIpc) is 2.82. The summed E-state index contributed by atoms with van der Waals surface area (Å²) < 4.78 is 76.7. The van der Waals surface area contributed by atoms with Crippen molar-refractivity contribution in [3.63, 3.8) is 0 Å². The number of alkyl halides is 4. The molecule has 0 aliphatic heterocycles. The lowest BCUT2D eigenvalue weighted by Gasteiger charge is -2.27. The number of hydrogen-bond acceptors (Lipinski definition) is 5. The number of carbonyl (C=O) groups is 2. The van der Waals surface area contributed by atoms with E-state index in [1.54, 1.807) is 6.92 Å². The second-order valence-corrected chi connectivity index (χ2v) is 7.38. The van der Waals surface area contributed by atoms with Gasteiger partial charge < -0.3 is 14.2 Å². The summed E-state index contributed by atoms with van der Waals surface area (Å²) in [6.07, 6.45) is 0. The molecule has 0 heterocycles. The van der Waals surface area contributed by atoms with Gasteiger partial charge in [0.2, 0.25) is 0 Å². The molecule has 2 aromatic carbocycles. The molecule has 0 bridgehead atoms. The summed E-state index contributed by atoms with van der Waals surface area (Å²) in [5, 5.41) is 0. The van der Waals surface area contributed by atoms with Gasteiger partial charge in [-0.25, -0.2) is 0 Å².